The summed E-state index contributed by atoms with van der Waals surface area (Å²) in [7, 11) is 0. The van der Waals surface area contributed by atoms with Crippen molar-refractivity contribution >= 4 is 11.8 Å². The highest BCUT2D eigenvalue weighted by atomic mass is 16.2. The van der Waals surface area contributed by atoms with E-state index in [1.165, 1.54) is 19.3 Å². The van der Waals surface area contributed by atoms with Gasteiger partial charge in [0.15, 0.2) is 0 Å². The SMILES string of the molecule is CCC1CCC(N2CCC(=O)NC(C(C)(C)C)C2=O)CC1. The maximum absolute atomic E-state index is 12.9. The Morgan fingerprint density at radius 2 is 1.76 bits per heavy atom. The quantitative estimate of drug-likeness (QED) is 0.851. The molecular weight excluding hydrogens is 264 g/mol. The molecule has 0 aromatic rings. The second-order valence-electron chi connectivity index (χ2n) is 7.73. The highest BCUT2D eigenvalue weighted by Crippen LogP contribution is 2.32. The van der Waals surface area contributed by atoms with E-state index in [4.69, 9.17) is 0 Å². The van der Waals surface area contributed by atoms with Crippen molar-refractivity contribution in [2.45, 2.75) is 78.3 Å². The van der Waals surface area contributed by atoms with Gasteiger partial charge in [-0.3, -0.25) is 9.59 Å². The van der Waals surface area contributed by atoms with Crippen molar-refractivity contribution in [3.05, 3.63) is 0 Å². The minimum Gasteiger partial charge on any atom is -0.344 e. The molecule has 0 aromatic carbocycles. The van der Waals surface area contributed by atoms with Crippen molar-refractivity contribution in [1.29, 1.82) is 0 Å². The van der Waals surface area contributed by atoms with Crippen LogP contribution >= 0.6 is 0 Å². The van der Waals surface area contributed by atoms with Crippen LogP contribution in [0.4, 0.5) is 0 Å². The van der Waals surface area contributed by atoms with Gasteiger partial charge in [0.1, 0.15) is 6.04 Å². The zero-order chi connectivity index (χ0) is 15.6. The predicted molar refractivity (Wildman–Crippen MR) is 83.8 cm³/mol. The van der Waals surface area contributed by atoms with Gasteiger partial charge < -0.3 is 10.2 Å². The van der Waals surface area contributed by atoms with Gasteiger partial charge >= 0.3 is 0 Å². The molecule has 2 aliphatic rings. The van der Waals surface area contributed by atoms with E-state index in [1.54, 1.807) is 0 Å². The third-order valence-electron chi connectivity index (χ3n) is 5.12. The van der Waals surface area contributed by atoms with Crippen molar-refractivity contribution < 1.29 is 9.59 Å². The summed E-state index contributed by atoms with van der Waals surface area (Å²) in [6, 6.07) is -0.0609. The molecule has 1 unspecified atom stereocenters. The number of hydrogen-bond acceptors (Lipinski definition) is 2. The molecule has 0 spiro atoms. The fraction of sp³-hybridized carbons (Fsp3) is 0.882. The lowest BCUT2D eigenvalue weighted by Crippen LogP contribution is -2.54. The number of rotatable bonds is 2. The molecule has 4 nitrogen and oxygen atoms in total. The van der Waals surface area contributed by atoms with E-state index in [0.29, 0.717) is 19.0 Å². The van der Waals surface area contributed by atoms with E-state index < -0.39 is 6.04 Å². The molecule has 1 heterocycles. The molecule has 1 saturated heterocycles. The monoisotopic (exact) mass is 294 g/mol. The number of carbonyl (C=O) groups is 2. The summed E-state index contributed by atoms with van der Waals surface area (Å²) in [5.41, 5.74) is -0.240. The van der Waals surface area contributed by atoms with Crippen LogP contribution in [0.3, 0.4) is 0 Å². The van der Waals surface area contributed by atoms with Gasteiger partial charge in [0, 0.05) is 19.0 Å². The molecule has 1 saturated carbocycles. The van der Waals surface area contributed by atoms with Crippen molar-refractivity contribution in [3.8, 4) is 0 Å². The van der Waals surface area contributed by atoms with Crippen molar-refractivity contribution in [3.63, 3.8) is 0 Å². The molecule has 4 heteroatoms. The molecular formula is C17H30N2O2. The van der Waals surface area contributed by atoms with Crippen LogP contribution in [0.1, 0.15) is 66.2 Å². The van der Waals surface area contributed by atoms with Gasteiger partial charge in [-0.15, -0.1) is 0 Å². The molecule has 120 valence electrons. The Balaban J connectivity index is 2.11. The maximum atomic E-state index is 12.9. The molecule has 0 bridgehead atoms. The van der Waals surface area contributed by atoms with E-state index in [9.17, 15) is 9.59 Å². The first-order valence-corrected chi connectivity index (χ1v) is 8.42. The summed E-state index contributed by atoms with van der Waals surface area (Å²) in [5, 5.41) is 2.93. The average molecular weight is 294 g/mol. The Labute approximate surface area is 128 Å². The Morgan fingerprint density at radius 3 is 2.29 bits per heavy atom. The third-order valence-corrected chi connectivity index (χ3v) is 5.12. The second kappa shape index (κ2) is 6.37. The van der Waals surface area contributed by atoms with E-state index in [0.717, 1.165) is 18.8 Å². The summed E-state index contributed by atoms with van der Waals surface area (Å²) in [5.74, 6) is 0.947. The van der Waals surface area contributed by atoms with Crippen LogP contribution in [0, 0.1) is 11.3 Å². The van der Waals surface area contributed by atoms with Gasteiger partial charge in [0.05, 0.1) is 0 Å². The van der Waals surface area contributed by atoms with E-state index in [1.807, 2.05) is 25.7 Å². The fourth-order valence-corrected chi connectivity index (χ4v) is 3.61. The normalized spacial score (nSPS) is 31.8. The lowest BCUT2D eigenvalue weighted by molar-refractivity contribution is -0.139. The minimum atomic E-state index is -0.392. The molecule has 1 N–H and O–H groups in total. The molecule has 2 rings (SSSR count). The lowest BCUT2D eigenvalue weighted by Gasteiger charge is -2.39. The lowest BCUT2D eigenvalue weighted by atomic mass is 9.82. The van der Waals surface area contributed by atoms with Crippen LogP contribution in [0.2, 0.25) is 0 Å². The van der Waals surface area contributed by atoms with Crippen molar-refractivity contribution in [2.75, 3.05) is 6.54 Å². The Bertz CT molecular complexity index is 392. The Kier molecular flexibility index (Phi) is 4.95. The highest BCUT2D eigenvalue weighted by molar-refractivity contribution is 5.90. The van der Waals surface area contributed by atoms with Gasteiger partial charge in [-0.25, -0.2) is 0 Å². The second-order valence-corrected chi connectivity index (χ2v) is 7.73. The smallest absolute Gasteiger partial charge is 0.245 e. The summed E-state index contributed by atoms with van der Waals surface area (Å²) >= 11 is 0. The summed E-state index contributed by atoms with van der Waals surface area (Å²) in [6.07, 6.45) is 6.29. The van der Waals surface area contributed by atoms with Gasteiger partial charge in [0.25, 0.3) is 0 Å². The molecule has 1 aliphatic heterocycles. The predicted octanol–water partition coefficient (Wildman–Crippen LogP) is 2.72. The summed E-state index contributed by atoms with van der Waals surface area (Å²) in [4.78, 5) is 26.8. The number of nitrogens with zero attached hydrogens (tertiary/aromatic N) is 1. The van der Waals surface area contributed by atoms with E-state index in [2.05, 4.69) is 12.2 Å². The molecule has 21 heavy (non-hydrogen) atoms. The van der Waals surface area contributed by atoms with Gasteiger partial charge in [-0.2, -0.15) is 0 Å². The van der Waals surface area contributed by atoms with Gasteiger partial charge in [-0.05, 0) is 37.0 Å². The Hall–Kier alpha value is -1.06. The third kappa shape index (κ3) is 3.78. The Morgan fingerprint density at radius 1 is 1.14 bits per heavy atom. The maximum Gasteiger partial charge on any atom is 0.245 e. The zero-order valence-electron chi connectivity index (χ0n) is 13.9. The molecule has 2 fully saturated rings. The van der Waals surface area contributed by atoms with Crippen molar-refractivity contribution in [2.24, 2.45) is 11.3 Å². The first-order chi connectivity index (χ1) is 9.82. The van der Waals surface area contributed by atoms with Crippen LogP contribution < -0.4 is 5.32 Å². The summed E-state index contributed by atoms with van der Waals surface area (Å²) < 4.78 is 0. The first-order valence-electron chi connectivity index (χ1n) is 8.42. The number of amides is 2. The van der Waals surface area contributed by atoms with E-state index >= 15 is 0 Å². The standard InChI is InChI=1S/C17H30N2O2/c1-5-12-6-8-13(9-7-12)19-11-10-14(20)18-15(16(19)21)17(2,3)4/h12-13,15H,5-11H2,1-4H3,(H,18,20). The largest absolute Gasteiger partial charge is 0.344 e. The molecule has 1 aliphatic carbocycles. The number of carbonyl (C=O) groups excluding carboxylic acids is 2. The van der Waals surface area contributed by atoms with Crippen LogP contribution in [0.15, 0.2) is 0 Å². The van der Waals surface area contributed by atoms with E-state index in [-0.39, 0.29) is 17.2 Å². The zero-order valence-corrected chi connectivity index (χ0v) is 13.9. The molecule has 0 radical (unpaired) electrons. The van der Waals surface area contributed by atoms with Gasteiger partial charge in [-0.1, -0.05) is 34.1 Å². The topological polar surface area (TPSA) is 49.4 Å². The van der Waals surface area contributed by atoms with Crippen LogP contribution in [-0.2, 0) is 9.59 Å². The average Bonchev–Trinajstić information content (AvgIpc) is 2.58. The minimum absolute atomic E-state index is 0.00743. The van der Waals surface area contributed by atoms with Crippen LogP contribution in [0.5, 0.6) is 0 Å². The van der Waals surface area contributed by atoms with Gasteiger partial charge in [0.2, 0.25) is 11.8 Å². The molecule has 2 amide bonds. The number of hydrogen-bond donors (Lipinski definition) is 1. The fourth-order valence-electron chi connectivity index (χ4n) is 3.61. The van der Waals surface area contributed by atoms with Crippen LogP contribution in [-0.4, -0.2) is 35.3 Å². The number of nitrogens with one attached hydrogen (secondary N) is 1. The van der Waals surface area contributed by atoms with Crippen molar-refractivity contribution in [1.82, 2.24) is 10.2 Å². The first kappa shape index (κ1) is 16.3. The van der Waals surface area contributed by atoms with Crippen LogP contribution in [0.25, 0.3) is 0 Å². The highest BCUT2D eigenvalue weighted by Gasteiger charge is 2.40. The molecule has 0 aromatic heterocycles. The molecule has 1 atom stereocenters. The summed E-state index contributed by atoms with van der Waals surface area (Å²) in [6.45, 7) is 8.90.